The van der Waals surface area contributed by atoms with Gasteiger partial charge in [-0.3, -0.25) is 4.84 Å². The van der Waals surface area contributed by atoms with E-state index in [0.717, 1.165) is 11.5 Å². The van der Waals surface area contributed by atoms with Gasteiger partial charge in [0, 0.05) is 0 Å². The molecule has 2 rings (SSSR count). The lowest BCUT2D eigenvalue weighted by molar-refractivity contribution is -0.0246. The minimum Gasteiger partial charge on any atom is -0.493 e. The van der Waals surface area contributed by atoms with Gasteiger partial charge in [-0.2, -0.15) is 5.48 Å². The lowest BCUT2D eigenvalue weighted by atomic mass is 10.3. The largest absolute Gasteiger partial charge is 0.493 e. The fraction of sp³-hybridized carbons (Fsp3) is 0.571. The molecule has 0 saturated heterocycles. The Labute approximate surface area is 108 Å². The van der Waals surface area contributed by atoms with E-state index in [9.17, 15) is 0 Å². The van der Waals surface area contributed by atoms with Crippen molar-refractivity contribution in [2.24, 2.45) is 0 Å². The number of hydrogen-bond donors (Lipinski definition) is 1. The van der Waals surface area contributed by atoms with Crippen LogP contribution in [-0.4, -0.2) is 26.4 Å². The summed E-state index contributed by atoms with van der Waals surface area (Å²) in [5, 5.41) is 0. The van der Waals surface area contributed by atoms with Crippen LogP contribution in [0.15, 0.2) is 24.3 Å². The zero-order chi connectivity index (χ0) is 12.6. The van der Waals surface area contributed by atoms with Crippen LogP contribution in [0.2, 0.25) is 0 Å². The van der Waals surface area contributed by atoms with Crippen LogP contribution >= 0.6 is 0 Å². The summed E-state index contributed by atoms with van der Waals surface area (Å²) in [5.74, 6) is 1.52. The van der Waals surface area contributed by atoms with Crippen LogP contribution in [0.5, 0.6) is 11.5 Å². The summed E-state index contributed by atoms with van der Waals surface area (Å²) in [6.07, 6.45) is 5.28. The Balaban J connectivity index is 1.62. The highest BCUT2D eigenvalue weighted by Crippen LogP contribution is 2.25. The SMILES string of the molecule is COc1ccccc1OCCNOC1CCCC1. The maximum Gasteiger partial charge on any atom is 0.161 e. The van der Waals surface area contributed by atoms with Gasteiger partial charge in [-0.25, -0.2) is 0 Å². The molecule has 4 heteroatoms. The van der Waals surface area contributed by atoms with Gasteiger partial charge in [0.15, 0.2) is 11.5 Å². The Morgan fingerprint density at radius 3 is 2.61 bits per heavy atom. The topological polar surface area (TPSA) is 39.7 Å². The lowest BCUT2D eigenvalue weighted by Gasteiger charge is -2.13. The Hall–Kier alpha value is -1.26. The van der Waals surface area contributed by atoms with Crippen molar-refractivity contribution in [2.75, 3.05) is 20.3 Å². The summed E-state index contributed by atoms with van der Waals surface area (Å²) in [6.45, 7) is 1.24. The van der Waals surface area contributed by atoms with Crippen molar-refractivity contribution in [2.45, 2.75) is 31.8 Å². The summed E-state index contributed by atoms with van der Waals surface area (Å²) < 4.78 is 10.8. The van der Waals surface area contributed by atoms with Crippen LogP contribution in [0.25, 0.3) is 0 Å². The number of methoxy groups -OCH3 is 1. The maximum absolute atomic E-state index is 5.63. The van der Waals surface area contributed by atoms with Crippen LogP contribution < -0.4 is 15.0 Å². The minimum absolute atomic E-state index is 0.385. The Kier molecular flexibility index (Phi) is 5.30. The Morgan fingerprint density at radius 2 is 1.89 bits per heavy atom. The highest BCUT2D eigenvalue weighted by Gasteiger charge is 2.15. The second-order valence-corrected chi connectivity index (χ2v) is 4.42. The molecule has 0 atom stereocenters. The van der Waals surface area contributed by atoms with Crippen molar-refractivity contribution in [3.05, 3.63) is 24.3 Å². The van der Waals surface area contributed by atoms with Crippen LogP contribution in [0.4, 0.5) is 0 Å². The molecule has 18 heavy (non-hydrogen) atoms. The van der Waals surface area contributed by atoms with E-state index in [-0.39, 0.29) is 0 Å². The molecule has 0 bridgehead atoms. The zero-order valence-corrected chi connectivity index (χ0v) is 10.9. The number of ether oxygens (including phenoxy) is 2. The third-order valence-corrected chi connectivity index (χ3v) is 3.08. The van der Waals surface area contributed by atoms with Gasteiger partial charge < -0.3 is 9.47 Å². The van der Waals surface area contributed by atoms with Gasteiger partial charge in [0.2, 0.25) is 0 Å². The first-order valence-electron chi connectivity index (χ1n) is 6.54. The van der Waals surface area contributed by atoms with E-state index in [1.165, 1.54) is 25.7 Å². The van der Waals surface area contributed by atoms with Crippen molar-refractivity contribution >= 4 is 0 Å². The fourth-order valence-electron chi connectivity index (χ4n) is 2.12. The van der Waals surface area contributed by atoms with Crippen molar-refractivity contribution in [1.82, 2.24) is 5.48 Å². The third kappa shape index (κ3) is 3.89. The number of hydrogen-bond acceptors (Lipinski definition) is 4. The average molecular weight is 251 g/mol. The average Bonchev–Trinajstić information content (AvgIpc) is 2.92. The van der Waals surface area contributed by atoms with Crippen molar-refractivity contribution in [3.8, 4) is 11.5 Å². The van der Waals surface area contributed by atoms with E-state index >= 15 is 0 Å². The molecule has 0 radical (unpaired) electrons. The Bertz CT molecular complexity index is 351. The van der Waals surface area contributed by atoms with Gasteiger partial charge in [0.25, 0.3) is 0 Å². The highest BCUT2D eigenvalue weighted by atomic mass is 16.7. The molecule has 0 amide bonds. The first-order valence-corrected chi connectivity index (χ1v) is 6.54. The van der Waals surface area contributed by atoms with E-state index in [4.69, 9.17) is 14.3 Å². The molecule has 0 aliphatic heterocycles. The van der Waals surface area contributed by atoms with E-state index in [1.54, 1.807) is 7.11 Å². The molecular formula is C14H21NO3. The predicted molar refractivity (Wildman–Crippen MR) is 69.8 cm³/mol. The van der Waals surface area contributed by atoms with Gasteiger partial charge in [0.05, 0.1) is 19.8 Å². The summed E-state index contributed by atoms with van der Waals surface area (Å²) in [7, 11) is 1.64. The molecule has 100 valence electrons. The smallest absolute Gasteiger partial charge is 0.161 e. The van der Waals surface area contributed by atoms with E-state index < -0.39 is 0 Å². The molecular weight excluding hydrogens is 230 g/mol. The summed E-state index contributed by atoms with van der Waals surface area (Å²) >= 11 is 0. The first-order chi connectivity index (χ1) is 8.90. The quantitative estimate of drug-likeness (QED) is 0.597. The molecule has 1 saturated carbocycles. The van der Waals surface area contributed by atoms with E-state index in [2.05, 4.69) is 5.48 Å². The molecule has 1 fully saturated rings. The van der Waals surface area contributed by atoms with Gasteiger partial charge in [-0.15, -0.1) is 0 Å². The fourth-order valence-corrected chi connectivity index (χ4v) is 2.12. The predicted octanol–water partition coefficient (Wildman–Crippen LogP) is 2.54. The summed E-state index contributed by atoms with van der Waals surface area (Å²) in [4.78, 5) is 5.54. The number of rotatable bonds is 7. The second-order valence-electron chi connectivity index (χ2n) is 4.42. The van der Waals surface area contributed by atoms with Crippen LogP contribution in [0, 0.1) is 0 Å². The van der Waals surface area contributed by atoms with Gasteiger partial charge in [0.1, 0.15) is 6.61 Å². The number of nitrogens with one attached hydrogen (secondary N) is 1. The van der Waals surface area contributed by atoms with Crippen molar-refractivity contribution in [3.63, 3.8) is 0 Å². The monoisotopic (exact) mass is 251 g/mol. The van der Waals surface area contributed by atoms with Gasteiger partial charge >= 0.3 is 0 Å². The molecule has 0 unspecified atom stereocenters. The van der Waals surface area contributed by atoms with E-state index in [1.807, 2.05) is 24.3 Å². The molecule has 1 aliphatic rings. The number of hydroxylamine groups is 1. The van der Waals surface area contributed by atoms with Crippen molar-refractivity contribution < 1.29 is 14.3 Å². The molecule has 1 aliphatic carbocycles. The molecule has 0 spiro atoms. The standard InChI is InChI=1S/C14H21NO3/c1-16-13-8-4-5-9-14(13)17-11-10-15-18-12-6-2-3-7-12/h4-5,8-9,12,15H,2-3,6-7,10-11H2,1H3. The summed E-state index contributed by atoms with van der Waals surface area (Å²) in [5.41, 5.74) is 2.97. The molecule has 0 heterocycles. The molecule has 4 nitrogen and oxygen atoms in total. The zero-order valence-electron chi connectivity index (χ0n) is 10.9. The number of benzene rings is 1. The van der Waals surface area contributed by atoms with Gasteiger partial charge in [-0.05, 0) is 25.0 Å². The first kappa shape index (κ1) is 13.2. The molecule has 1 N–H and O–H groups in total. The van der Waals surface area contributed by atoms with Crippen LogP contribution in [0.3, 0.4) is 0 Å². The highest BCUT2D eigenvalue weighted by molar-refractivity contribution is 5.39. The molecule has 1 aromatic carbocycles. The molecule has 1 aromatic rings. The van der Waals surface area contributed by atoms with E-state index in [0.29, 0.717) is 19.3 Å². The third-order valence-electron chi connectivity index (χ3n) is 3.08. The molecule has 0 aromatic heterocycles. The maximum atomic E-state index is 5.63. The normalized spacial score (nSPS) is 15.8. The minimum atomic E-state index is 0.385. The summed E-state index contributed by atoms with van der Waals surface area (Å²) in [6, 6.07) is 7.64. The van der Waals surface area contributed by atoms with Crippen LogP contribution in [0.1, 0.15) is 25.7 Å². The number of para-hydroxylation sites is 2. The second kappa shape index (κ2) is 7.24. The lowest BCUT2D eigenvalue weighted by Crippen LogP contribution is -2.26. The Morgan fingerprint density at radius 1 is 1.17 bits per heavy atom. The van der Waals surface area contributed by atoms with Gasteiger partial charge in [-0.1, -0.05) is 25.0 Å². The van der Waals surface area contributed by atoms with Crippen molar-refractivity contribution in [1.29, 1.82) is 0 Å². The van der Waals surface area contributed by atoms with Crippen LogP contribution in [-0.2, 0) is 4.84 Å².